The number of aliphatic hydroxyl groups is 1. The summed E-state index contributed by atoms with van der Waals surface area (Å²) in [5.74, 6) is -0.272. The van der Waals surface area contributed by atoms with E-state index in [1.165, 1.54) is 40.5 Å². The quantitative estimate of drug-likeness (QED) is 0.209. The molecule has 0 radical (unpaired) electrons. The average molecular weight is 536 g/mol. The molecular formula is C23H31N6O5S2+. The summed E-state index contributed by atoms with van der Waals surface area (Å²) < 4.78 is 36.7. The van der Waals surface area contributed by atoms with E-state index in [9.17, 15) is 13.2 Å². The first-order valence-corrected chi connectivity index (χ1v) is 13.6. The maximum Gasteiger partial charge on any atom is 0.305 e. The van der Waals surface area contributed by atoms with Gasteiger partial charge in [-0.05, 0) is 45.3 Å². The van der Waals surface area contributed by atoms with Gasteiger partial charge < -0.3 is 20.5 Å². The summed E-state index contributed by atoms with van der Waals surface area (Å²) in [5.41, 5.74) is 1.69. The highest BCUT2D eigenvalue weighted by Crippen LogP contribution is 2.33. The number of carbonyl (C=O) groups excluding carboxylic acids is 1. The molecule has 0 atom stereocenters. The van der Waals surface area contributed by atoms with Crippen molar-refractivity contribution in [3.05, 3.63) is 53.1 Å². The molecule has 13 heteroatoms. The molecule has 0 aliphatic rings. The van der Waals surface area contributed by atoms with Crippen molar-refractivity contribution < 1.29 is 28.4 Å². The summed E-state index contributed by atoms with van der Waals surface area (Å²) in [6.07, 6.45) is 4.24. The SMILES string of the molecule is CC[NH2+]/C(=C\C(=N)c1cnc2cc(OCCO)c(S(=O)(=O)C(C)(C)C)cn12)C(=O)NCc1ccsn1. The minimum atomic E-state index is -3.84. The highest BCUT2D eigenvalue weighted by molar-refractivity contribution is 7.92. The number of imidazole rings is 1. The fourth-order valence-electron chi connectivity index (χ4n) is 3.25. The number of ether oxygens (including phenoxy) is 1. The lowest BCUT2D eigenvalue weighted by Gasteiger charge is -2.21. The molecule has 0 saturated heterocycles. The third kappa shape index (κ3) is 5.98. The summed E-state index contributed by atoms with van der Waals surface area (Å²) in [6, 6.07) is 3.29. The van der Waals surface area contributed by atoms with Gasteiger partial charge in [-0.15, -0.1) is 0 Å². The van der Waals surface area contributed by atoms with Crippen molar-refractivity contribution in [3.63, 3.8) is 0 Å². The number of hydrogen-bond donors (Lipinski definition) is 4. The van der Waals surface area contributed by atoms with Crippen LogP contribution < -0.4 is 15.4 Å². The number of nitrogens with two attached hydrogens (primary N) is 1. The van der Waals surface area contributed by atoms with Gasteiger partial charge in [0.25, 0.3) is 0 Å². The number of aromatic nitrogens is 3. The van der Waals surface area contributed by atoms with Gasteiger partial charge in [-0.3, -0.25) is 14.6 Å². The number of carbonyl (C=O) groups is 1. The summed E-state index contributed by atoms with van der Waals surface area (Å²) >= 11 is 1.30. The van der Waals surface area contributed by atoms with Gasteiger partial charge in [0, 0.05) is 23.7 Å². The maximum atomic E-state index is 13.3. The van der Waals surface area contributed by atoms with E-state index in [1.54, 1.807) is 26.1 Å². The number of nitrogens with zero attached hydrogens (tertiary/aromatic N) is 3. The normalized spacial score (nSPS) is 12.6. The first kappa shape index (κ1) is 27.5. The van der Waals surface area contributed by atoms with E-state index in [2.05, 4.69) is 14.7 Å². The number of aliphatic hydroxyl groups excluding tert-OH is 1. The minimum absolute atomic E-state index is 0.0193. The van der Waals surface area contributed by atoms with Crippen molar-refractivity contribution in [2.75, 3.05) is 19.8 Å². The van der Waals surface area contributed by atoms with E-state index in [0.717, 1.165) is 5.69 Å². The molecule has 36 heavy (non-hydrogen) atoms. The number of rotatable bonds is 11. The molecule has 0 bridgehead atoms. The Morgan fingerprint density at radius 3 is 2.75 bits per heavy atom. The fourth-order valence-corrected chi connectivity index (χ4v) is 5.08. The van der Waals surface area contributed by atoms with E-state index >= 15 is 0 Å². The first-order chi connectivity index (χ1) is 17.0. The van der Waals surface area contributed by atoms with Crippen LogP contribution in [-0.4, -0.2) is 63.4 Å². The van der Waals surface area contributed by atoms with E-state index in [0.29, 0.717) is 23.6 Å². The molecule has 0 saturated carbocycles. The zero-order valence-corrected chi connectivity index (χ0v) is 22.2. The van der Waals surface area contributed by atoms with E-state index in [-0.39, 0.29) is 42.0 Å². The number of amides is 1. The molecular weight excluding hydrogens is 504 g/mol. The maximum absolute atomic E-state index is 13.3. The number of hydrogen-bond acceptors (Lipinski definition) is 9. The van der Waals surface area contributed by atoms with Gasteiger partial charge in [-0.25, -0.2) is 13.4 Å². The molecule has 11 nitrogen and oxygen atoms in total. The van der Waals surface area contributed by atoms with E-state index in [4.69, 9.17) is 15.3 Å². The predicted octanol–water partition coefficient (Wildman–Crippen LogP) is 0.886. The van der Waals surface area contributed by atoms with Gasteiger partial charge in [0.2, 0.25) is 0 Å². The third-order valence-electron chi connectivity index (χ3n) is 5.20. The van der Waals surface area contributed by atoms with Crippen LogP contribution in [0.3, 0.4) is 0 Å². The van der Waals surface area contributed by atoms with Gasteiger partial charge >= 0.3 is 5.91 Å². The lowest BCUT2D eigenvalue weighted by atomic mass is 10.2. The largest absolute Gasteiger partial charge is 0.490 e. The van der Waals surface area contributed by atoms with Crippen LogP contribution in [0.1, 0.15) is 39.1 Å². The highest BCUT2D eigenvalue weighted by atomic mass is 32.2. The Labute approximate surface area is 213 Å². The number of pyridine rings is 1. The Kier molecular flexibility index (Phi) is 8.61. The van der Waals surface area contributed by atoms with Gasteiger partial charge in [0.15, 0.2) is 15.5 Å². The van der Waals surface area contributed by atoms with Crippen molar-refractivity contribution in [2.45, 2.75) is 43.9 Å². The molecule has 5 N–H and O–H groups in total. The molecule has 3 rings (SSSR count). The number of likely N-dealkylation sites (N-methyl/N-ethyl adjacent to an activating group) is 1. The molecule has 3 aromatic rings. The molecule has 0 unspecified atom stereocenters. The standard InChI is InChI=1S/C23H30N6O5S2/c1-5-25-17(22(31)27-12-15-6-9-35-28-15)10-16(24)18-13-26-21-11-19(34-8-7-30)20(14-29(18)21)36(32,33)23(2,3)4/h6,9-11,13-14,24-25,30H,5,7-8,12H2,1-4H3,(H,27,31)/p+1/b17-10-,24-16?. The number of fused-ring (bicyclic) bond motifs is 1. The Balaban J connectivity index is 2.01. The second kappa shape index (κ2) is 11.3. The van der Waals surface area contributed by atoms with Crippen molar-refractivity contribution >= 4 is 38.6 Å². The Morgan fingerprint density at radius 2 is 2.14 bits per heavy atom. The van der Waals surface area contributed by atoms with Crippen LogP contribution >= 0.6 is 11.5 Å². The highest BCUT2D eigenvalue weighted by Gasteiger charge is 2.34. The smallest absolute Gasteiger partial charge is 0.305 e. The summed E-state index contributed by atoms with van der Waals surface area (Å²) in [5, 5.41) is 24.2. The molecule has 1 amide bonds. The first-order valence-electron chi connectivity index (χ1n) is 11.3. The Hall–Kier alpha value is -3.13. The van der Waals surface area contributed by atoms with Crippen molar-refractivity contribution in [1.82, 2.24) is 19.1 Å². The minimum Gasteiger partial charge on any atom is -0.490 e. The van der Waals surface area contributed by atoms with Gasteiger partial charge in [-0.2, -0.15) is 4.37 Å². The fraction of sp³-hybridized carbons (Fsp3) is 0.391. The summed E-state index contributed by atoms with van der Waals surface area (Å²) in [7, 11) is -3.84. The Bertz CT molecular complexity index is 1370. The third-order valence-corrected chi connectivity index (χ3v) is 8.30. The second-order valence-corrected chi connectivity index (χ2v) is 12.2. The van der Waals surface area contributed by atoms with Crippen molar-refractivity contribution in [3.8, 4) is 5.75 Å². The van der Waals surface area contributed by atoms with Crippen LogP contribution in [0, 0.1) is 5.41 Å². The molecule has 0 aromatic carbocycles. The van der Waals surface area contributed by atoms with Gasteiger partial charge in [-0.1, -0.05) is 0 Å². The monoisotopic (exact) mass is 535 g/mol. The van der Waals surface area contributed by atoms with Gasteiger partial charge in [0.05, 0.1) is 47.7 Å². The Morgan fingerprint density at radius 1 is 1.39 bits per heavy atom. The second-order valence-electron chi connectivity index (χ2n) is 8.86. The topological polar surface area (TPSA) is 163 Å². The van der Waals surface area contributed by atoms with Crippen LogP contribution in [0.5, 0.6) is 5.75 Å². The van der Waals surface area contributed by atoms with E-state index in [1.807, 2.05) is 18.4 Å². The van der Waals surface area contributed by atoms with Crippen LogP contribution in [0.15, 0.2) is 46.6 Å². The van der Waals surface area contributed by atoms with Crippen LogP contribution in [0.4, 0.5) is 0 Å². The van der Waals surface area contributed by atoms with E-state index < -0.39 is 14.6 Å². The molecule has 3 heterocycles. The number of sulfone groups is 1. The zero-order chi connectivity index (χ0) is 26.5. The molecule has 0 spiro atoms. The number of allylic oxidation sites excluding steroid dienone is 1. The van der Waals surface area contributed by atoms with Gasteiger partial charge in [0.1, 0.15) is 22.9 Å². The lowest BCUT2D eigenvalue weighted by molar-refractivity contribution is -0.597. The summed E-state index contributed by atoms with van der Waals surface area (Å²) in [4.78, 5) is 17.0. The number of quaternary nitrogens is 1. The van der Waals surface area contributed by atoms with Crippen molar-refractivity contribution in [1.29, 1.82) is 5.41 Å². The van der Waals surface area contributed by atoms with Crippen LogP contribution in [0.2, 0.25) is 0 Å². The van der Waals surface area contributed by atoms with Crippen LogP contribution in [-0.2, 0) is 21.2 Å². The molecule has 194 valence electrons. The average Bonchev–Trinajstić information content (AvgIpc) is 3.49. The molecule has 0 fully saturated rings. The zero-order valence-electron chi connectivity index (χ0n) is 20.6. The van der Waals surface area contributed by atoms with Crippen molar-refractivity contribution in [2.24, 2.45) is 0 Å². The molecule has 0 aliphatic carbocycles. The predicted molar refractivity (Wildman–Crippen MR) is 136 cm³/mol. The lowest BCUT2D eigenvalue weighted by Crippen LogP contribution is -2.83. The molecule has 0 aliphatic heterocycles. The summed E-state index contributed by atoms with van der Waals surface area (Å²) in [6.45, 7) is 7.12. The molecule has 3 aromatic heterocycles. The van der Waals surface area contributed by atoms with Crippen LogP contribution in [0.25, 0.3) is 5.65 Å². The number of nitrogens with one attached hydrogen (secondary N) is 2.